The molecule has 0 aromatic carbocycles. The number of hydrogen-bond acceptors (Lipinski definition) is 3. The SMILES string of the molecule is CCCNCc1cnc(N2CCC(C)CC2C)c(C)c1. The summed E-state index contributed by atoms with van der Waals surface area (Å²) in [4.78, 5) is 7.23. The summed E-state index contributed by atoms with van der Waals surface area (Å²) in [6.07, 6.45) is 5.77. The molecule has 0 radical (unpaired) electrons. The van der Waals surface area contributed by atoms with Crippen LogP contribution < -0.4 is 10.2 Å². The van der Waals surface area contributed by atoms with Crippen LogP contribution in [0.4, 0.5) is 5.82 Å². The lowest BCUT2D eigenvalue weighted by Gasteiger charge is -2.38. The third-order valence-corrected chi connectivity index (χ3v) is 4.27. The number of nitrogens with zero attached hydrogens (tertiary/aromatic N) is 2. The highest BCUT2D eigenvalue weighted by molar-refractivity contribution is 5.48. The summed E-state index contributed by atoms with van der Waals surface area (Å²) in [6.45, 7) is 12.2. The molecule has 3 nitrogen and oxygen atoms in total. The molecule has 1 aromatic heterocycles. The highest BCUT2D eigenvalue weighted by Gasteiger charge is 2.24. The maximum absolute atomic E-state index is 4.74. The fourth-order valence-corrected chi connectivity index (χ4v) is 3.15. The maximum atomic E-state index is 4.74. The van der Waals surface area contributed by atoms with Crippen molar-refractivity contribution in [2.45, 2.75) is 59.5 Å². The Hall–Kier alpha value is -1.09. The molecular formula is C17H29N3. The molecule has 1 aromatic rings. The molecule has 1 N–H and O–H groups in total. The third kappa shape index (κ3) is 3.72. The fraction of sp³-hybridized carbons (Fsp3) is 0.706. The predicted octanol–water partition coefficient (Wildman–Crippen LogP) is 3.51. The number of nitrogens with one attached hydrogen (secondary N) is 1. The molecule has 0 aliphatic carbocycles. The molecule has 3 heteroatoms. The van der Waals surface area contributed by atoms with Crippen LogP contribution in [-0.2, 0) is 6.54 Å². The molecule has 2 rings (SSSR count). The molecule has 20 heavy (non-hydrogen) atoms. The van der Waals surface area contributed by atoms with Crippen molar-refractivity contribution < 1.29 is 0 Å². The van der Waals surface area contributed by atoms with Gasteiger partial charge >= 0.3 is 0 Å². The van der Waals surface area contributed by atoms with Gasteiger partial charge in [0.05, 0.1) is 0 Å². The van der Waals surface area contributed by atoms with Crippen molar-refractivity contribution in [3.05, 3.63) is 23.4 Å². The highest BCUT2D eigenvalue weighted by atomic mass is 15.2. The second-order valence-corrected chi connectivity index (χ2v) is 6.33. The van der Waals surface area contributed by atoms with Gasteiger partial charge in [-0.2, -0.15) is 0 Å². The lowest BCUT2D eigenvalue weighted by Crippen LogP contribution is -2.41. The smallest absolute Gasteiger partial charge is 0.131 e. The normalized spacial score (nSPS) is 23.1. The van der Waals surface area contributed by atoms with Crippen molar-refractivity contribution in [3.63, 3.8) is 0 Å². The van der Waals surface area contributed by atoms with Gasteiger partial charge < -0.3 is 10.2 Å². The first-order chi connectivity index (χ1) is 9.61. The summed E-state index contributed by atoms with van der Waals surface area (Å²) < 4.78 is 0. The van der Waals surface area contributed by atoms with Crippen LogP contribution in [0.2, 0.25) is 0 Å². The first-order valence-electron chi connectivity index (χ1n) is 8.04. The number of hydrogen-bond donors (Lipinski definition) is 1. The van der Waals surface area contributed by atoms with E-state index in [2.05, 4.69) is 44.0 Å². The first-order valence-corrected chi connectivity index (χ1v) is 8.04. The van der Waals surface area contributed by atoms with E-state index in [1.165, 1.54) is 36.2 Å². The first kappa shape index (κ1) is 15.3. The lowest BCUT2D eigenvalue weighted by molar-refractivity contribution is 0.375. The molecule has 0 saturated carbocycles. The minimum absolute atomic E-state index is 0.606. The molecule has 0 amide bonds. The Balaban J connectivity index is 2.05. The van der Waals surface area contributed by atoms with E-state index in [4.69, 9.17) is 4.98 Å². The van der Waals surface area contributed by atoms with Crippen LogP contribution >= 0.6 is 0 Å². The van der Waals surface area contributed by atoms with Gasteiger partial charge in [-0.3, -0.25) is 0 Å². The average Bonchev–Trinajstić information content (AvgIpc) is 2.40. The van der Waals surface area contributed by atoms with Gasteiger partial charge in [0.2, 0.25) is 0 Å². The standard InChI is InChI=1S/C17H29N3/c1-5-7-18-11-16-10-14(3)17(19-12-16)20-8-6-13(2)9-15(20)4/h10,12-13,15,18H,5-9,11H2,1-4H3. The van der Waals surface area contributed by atoms with Crippen molar-refractivity contribution in [2.24, 2.45) is 5.92 Å². The summed E-state index contributed by atoms with van der Waals surface area (Å²) in [5.74, 6) is 2.03. The third-order valence-electron chi connectivity index (χ3n) is 4.27. The van der Waals surface area contributed by atoms with Gasteiger partial charge in [0.15, 0.2) is 0 Å². The Labute approximate surface area is 123 Å². The number of anilines is 1. The van der Waals surface area contributed by atoms with E-state index in [-0.39, 0.29) is 0 Å². The quantitative estimate of drug-likeness (QED) is 0.833. The Morgan fingerprint density at radius 2 is 2.20 bits per heavy atom. The number of piperidine rings is 1. The van der Waals surface area contributed by atoms with Crippen LogP contribution in [-0.4, -0.2) is 24.1 Å². The summed E-state index contributed by atoms with van der Waals surface area (Å²) >= 11 is 0. The van der Waals surface area contributed by atoms with Gasteiger partial charge in [-0.05, 0) is 62.8 Å². The van der Waals surface area contributed by atoms with Gasteiger partial charge in [0.1, 0.15) is 5.82 Å². The second-order valence-electron chi connectivity index (χ2n) is 6.33. The van der Waals surface area contributed by atoms with Crippen LogP contribution in [0.25, 0.3) is 0 Å². The predicted molar refractivity (Wildman–Crippen MR) is 86.2 cm³/mol. The molecule has 0 spiro atoms. The maximum Gasteiger partial charge on any atom is 0.131 e. The monoisotopic (exact) mass is 275 g/mol. The Bertz CT molecular complexity index is 430. The van der Waals surface area contributed by atoms with E-state index in [1.807, 2.05) is 6.20 Å². The topological polar surface area (TPSA) is 28.2 Å². The van der Waals surface area contributed by atoms with Crippen LogP contribution in [0.3, 0.4) is 0 Å². The number of rotatable bonds is 5. The summed E-state index contributed by atoms with van der Waals surface area (Å²) in [5, 5.41) is 3.44. The summed E-state index contributed by atoms with van der Waals surface area (Å²) in [5.41, 5.74) is 2.60. The van der Waals surface area contributed by atoms with Crippen molar-refractivity contribution >= 4 is 5.82 Å². The molecule has 0 bridgehead atoms. The zero-order valence-corrected chi connectivity index (χ0v) is 13.4. The zero-order valence-electron chi connectivity index (χ0n) is 13.4. The van der Waals surface area contributed by atoms with Crippen LogP contribution in [0.1, 0.15) is 51.2 Å². The zero-order chi connectivity index (χ0) is 14.5. The number of pyridine rings is 1. The Morgan fingerprint density at radius 1 is 1.40 bits per heavy atom. The summed E-state index contributed by atoms with van der Waals surface area (Å²) in [7, 11) is 0. The molecule has 2 atom stereocenters. The number of aryl methyl sites for hydroxylation is 1. The van der Waals surface area contributed by atoms with Gasteiger partial charge in [0, 0.05) is 25.3 Å². The second kappa shape index (κ2) is 7.07. The van der Waals surface area contributed by atoms with Crippen molar-refractivity contribution in [2.75, 3.05) is 18.0 Å². The fourth-order valence-electron chi connectivity index (χ4n) is 3.15. The van der Waals surface area contributed by atoms with Gasteiger partial charge in [-0.1, -0.05) is 13.8 Å². The molecule has 1 aliphatic heterocycles. The largest absolute Gasteiger partial charge is 0.354 e. The van der Waals surface area contributed by atoms with Crippen LogP contribution in [0.15, 0.2) is 12.3 Å². The van der Waals surface area contributed by atoms with E-state index >= 15 is 0 Å². The van der Waals surface area contributed by atoms with E-state index < -0.39 is 0 Å². The average molecular weight is 275 g/mol. The van der Waals surface area contributed by atoms with E-state index in [1.54, 1.807) is 0 Å². The minimum atomic E-state index is 0.606. The molecule has 1 aliphatic rings. The van der Waals surface area contributed by atoms with Gasteiger partial charge in [-0.25, -0.2) is 4.98 Å². The molecule has 112 valence electrons. The van der Waals surface area contributed by atoms with E-state index in [0.29, 0.717) is 6.04 Å². The Kier molecular flexibility index (Phi) is 5.41. The molecule has 2 unspecified atom stereocenters. The Morgan fingerprint density at radius 3 is 2.85 bits per heavy atom. The summed E-state index contributed by atoms with van der Waals surface area (Å²) in [6, 6.07) is 2.89. The van der Waals surface area contributed by atoms with Crippen molar-refractivity contribution in [3.8, 4) is 0 Å². The van der Waals surface area contributed by atoms with Crippen molar-refractivity contribution in [1.82, 2.24) is 10.3 Å². The number of aromatic nitrogens is 1. The van der Waals surface area contributed by atoms with Gasteiger partial charge in [0.25, 0.3) is 0 Å². The van der Waals surface area contributed by atoms with Crippen molar-refractivity contribution in [1.29, 1.82) is 0 Å². The minimum Gasteiger partial charge on any atom is -0.354 e. The lowest BCUT2D eigenvalue weighted by atomic mass is 9.93. The van der Waals surface area contributed by atoms with E-state index in [9.17, 15) is 0 Å². The molecule has 1 fully saturated rings. The molecule has 2 heterocycles. The molecular weight excluding hydrogens is 246 g/mol. The van der Waals surface area contributed by atoms with Crippen LogP contribution in [0.5, 0.6) is 0 Å². The molecule has 1 saturated heterocycles. The van der Waals surface area contributed by atoms with Gasteiger partial charge in [-0.15, -0.1) is 0 Å². The highest BCUT2D eigenvalue weighted by Crippen LogP contribution is 2.28. The van der Waals surface area contributed by atoms with E-state index in [0.717, 1.165) is 25.6 Å². The van der Waals surface area contributed by atoms with Crippen LogP contribution in [0, 0.1) is 12.8 Å².